The normalized spacial score (nSPS) is 22.4. The molecule has 1 amide bonds. The summed E-state index contributed by atoms with van der Waals surface area (Å²) >= 11 is 0. The monoisotopic (exact) mass is 292 g/mol. The number of amides is 1. The molecule has 114 valence electrons. The van der Waals surface area contributed by atoms with E-state index in [1.165, 1.54) is 6.42 Å². The van der Waals surface area contributed by atoms with Gasteiger partial charge in [0, 0.05) is 20.2 Å². The van der Waals surface area contributed by atoms with Gasteiger partial charge in [0.15, 0.2) is 0 Å². The van der Waals surface area contributed by atoms with Crippen LogP contribution in [0, 0.1) is 11.3 Å². The van der Waals surface area contributed by atoms with Gasteiger partial charge in [-0.05, 0) is 30.6 Å². The number of likely N-dealkylation sites (tertiary alicyclic amines) is 1. The second kappa shape index (κ2) is 8.08. The summed E-state index contributed by atoms with van der Waals surface area (Å²) in [6, 6.07) is -0.513. The van der Waals surface area contributed by atoms with Crippen LogP contribution in [0.5, 0.6) is 0 Å². The molecule has 2 unspecified atom stereocenters. The quantitative estimate of drug-likeness (QED) is 0.866. The Bertz CT molecular complexity index is 279. The highest BCUT2D eigenvalue weighted by molar-refractivity contribution is 5.85. The Morgan fingerprint density at radius 1 is 1.37 bits per heavy atom. The first kappa shape index (κ1) is 18.7. The summed E-state index contributed by atoms with van der Waals surface area (Å²) in [7, 11) is 1.57. The number of halogens is 1. The number of methoxy groups -OCH3 is 1. The Morgan fingerprint density at radius 2 is 2.00 bits per heavy atom. The lowest BCUT2D eigenvalue weighted by atomic mass is 9.77. The third-order valence-corrected chi connectivity index (χ3v) is 3.93. The number of hydrogen-bond donors (Lipinski definition) is 1. The molecule has 1 aliphatic heterocycles. The molecule has 1 heterocycles. The van der Waals surface area contributed by atoms with E-state index in [0.717, 1.165) is 25.9 Å². The molecule has 1 aliphatic rings. The maximum absolute atomic E-state index is 12.1. The molecule has 0 aromatic carbocycles. The summed E-state index contributed by atoms with van der Waals surface area (Å²) < 4.78 is 4.95. The van der Waals surface area contributed by atoms with Gasteiger partial charge in [-0.25, -0.2) is 0 Å². The third-order valence-electron chi connectivity index (χ3n) is 3.93. The molecule has 2 N–H and O–H groups in total. The summed E-state index contributed by atoms with van der Waals surface area (Å²) in [6.45, 7) is 8.82. The number of carbonyl (C=O) groups excluding carboxylic acids is 1. The minimum absolute atomic E-state index is 0. The fraction of sp³-hybridized carbons (Fsp3) is 0.929. The van der Waals surface area contributed by atoms with E-state index < -0.39 is 6.04 Å². The first-order valence-corrected chi connectivity index (χ1v) is 6.89. The van der Waals surface area contributed by atoms with Crippen molar-refractivity contribution in [1.29, 1.82) is 0 Å². The zero-order chi connectivity index (χ0) is 13.8. The standard InChI is InChI=1S/C14H28N2O2.ClH/c1-14(2,3)11-6-5-8-16(9-7-11)13(17)12(15)10-18-4;/h11-12H,5-10,15H2,1-4H3;1H. The molecule has 0 radical (unpaired) electrons. The van der Waals surface area contributed by atoms with Gasteiger partial charge in [-0.3, -0.25) is 4.79 Å². The highest BCUT2D eigenvalue weighted by atomic mass is 35.5. The number of nitrogens with two attached hydrogens (primary N) is 1. The number of ether oxygens (including phenoxy) is 1. The third kappa shape index (κ3) is 5.67. The van der Waals surface area contributed by atoms with Crippen LogP contribution < -0.4 is 5.73 Å². The molecule has 1 fully saturated rings. The van der Waals surface area contributed by atoms with Crippen LogP contribution in [0.1, 0.15) is 40.0 Å². The molecule has 4 nitrogen and oxygen atoms in total. The average Bonchev–Trinajstić information content (AvgIpc) is 2.53. The molecule has 0 aliphatic carbocycles. The minimum atomic E-state index is -0.513. The van der Waals surface area contributed by atoms with Gasteiger partial charge in [0.1, 0.15) is 6.04 Å². The Hall–Kier alpha value is -0.320. The van der Waals surface area contributed by atoms with Gasteiger partial charge >= 0.3 is 0 Å². The maximum Gasteiger partial charge on any atom is 0.241 e. The fourth-order valence-electron chi connectivity index (χ4n) is 2.67. The number of nitrogens with zero attached hydrogens (tertiary/aromatic N) is 1. The topological polar surface area (TPSA) is 55.6 Å². The van der Waals surface area contributed by atoms with Crippen LogP contribution in [-0.4, -0.2) is 43.7 Å². The zero-order valence-corrected chi connectivity index (χ0v) is 13.5. The van der Waals surface area contributed by atoms with Crippen LogP contribution in [0.2, 0.25) is 0 Å². The maximum atomic E-state index is 12.1. The number of carbonyl (C=O) groups is 1. The highest BCUT2D eigenvalue weighted by Crippen LogP contribution is 2.34. The van der Waals surface area contributed by atoms with Crippen molar-refractivity contribution in [1.82, 2.24) is 4.90 Å². The van der Waals surface area contributed by atoms with Crippen molar-refractivity contribution < 1.29 is 9.53 Å². The van der Waals surface area contributed by atoms with E-state index >= 15 is 0 Å². The fourth-order valence-corrected chi connectivity index (χ4v) is 2.67. The second-order valence-electron chi connectivity index (χ2n) is 6.38. The Kier molecular flexibility index (Phi) is 7.94. The summed E-state index contributed by atoms with van der Waals surface area (Å²) in [5.41, 5.74) is 6.14. The molecule has 0 aromatic heterocycles. The zero-order valence-electron chi connectivity index (χ0n) is 12.6. The molecule has 0 bridgehead atoms. The molecule has 1 rings (SSSR count). The van der Waals surface area contributed by atoms with Crippen molar-refractivity contribution in [2.45, 2.75) is 46.1 Å². The smallest absolute Gasteiger partial charge is 0.241 e. The van der Waals surface area contributed by atoms with Crippen LogP contribution in [0.4, 0.5) is 0 Å². The van der Waals surface area contributed by atoms with E-state index in [4.69, 9.17) is 10.5 Å². The lowest BCUT2D eigenvalue weighted by molar-refractivity contribution is -0.133. The van der Waals surface area contributed by atoms with E-state index in [0.29, 0.717) is 17.9 Å². The first-order chi connectivity index (χ1) is 8.36. The van der Waals surface area contributed by atoms with Gasteiger partial charge in [0.25, 0.3) is 0 Å². The molecule has 0 spiro atoms. The molecular formula is C14H29ClN2O2. The summed E-state index contributed by atoms with van der Waals surface area (Å²) in [4.78, 5) is 14.0. The van der Waals surface area contributed by atoms with Crippen LogP contribution in [0.3, 0.4) is 0 Å². The molecule has 19 heavy (non-hydrogen) atoms. The van der Waals surface area contributed by atoms with E-state index in [2.05, 4.69) is 20.8 Å². The predicted octanol–water partition coefficient (Wildman–Crippen LogP) is 2.06. The van der Waals surface area contributed by atoms with E-state index in [1.807, 2.05) is 4.90 Å². The van der Waals surface area contributed by atoms with Crippen molar-refractivity contribution in [2.24, 2.45) is 17.1 Å². The Labute approximate surface area is 123 Å². The minimum Gasteiger partial charge on any atom is -0.383 e. The second-order valence-corrected chi connectivity index (χ2v) is 6.38. The predicted molar refractivity (Wildman–Crippen MR) is 80.5 cm³/mol. The van der Waals surface area contributed by atoms with Crippen LogP contribution >= 0.6 is 12.4 Å². The van der Waals surface area contributed by atoms with Crippen molar-refractivity contribution in [2.75, 3.05) is 26.8 Å². The van der Waals surface area contributed by atoms with Crippen molar-refractivity contribution in [3.05, 3.63) is 0 Å². The molecule has 0 aromatic rings. The van der Waals surface area contributed by atoms with Gasteiger partial charge in [0.05, 0.1) is 6.61 Å². The SMILES string of the molecule is COCC(N)C(=O)N1CCCC(C(C)(C)C)CC1.Cl. The molecule has 1 saturated heterocycles. The van der Waals surface area contributed by atoms with Crippen LogP contribution in [-0.2, 0) is 9.53 Å². The van der Waals surface area contributed by atoms with E-state index in [9.17, 15) is 4.79 Å². The molecule has 5 heteroatoms. The molecule has 0 saturated carbocycles. The van der Waals surface area contributed by atoms with Gasteiger partial charge in [-0.2, -0.15) is 0 Å². The van der Waals surface area contributed by atoms with Crippen molar-refractivity contribution in [3.8, 4) is 0 Å². The lowest BCUT2D eigenvalue weighted by Crippen LogP contribution is -2.46. The van der Waals surface area contributed by atoms with Gasteiger partial charge in [0.2, 0.25) is 5.91 Å². The Balaban J connectivity index is 0.00000324. The highest BCUT2D eigenvalue weighted by Gasteiger charge is 2.29. The first-order valence-electron chi connectivity index (χ1n) is 6.89. The van der Waals surface area contributed by atoms with Gasteiger partial charge in [-0.1, -0.05) is 20.8 Å². The largest absolute Gasteiger partial charge is 0.383 e. The van der Waals surface area contributed by atoms with Gasteiger partial charge in [-0.15, -0.1) is 12.4 Å². The van der Waals surface area contributed by atoms with Crippen molar-refractivity contribution >= 4 is 18.3 Å². The van der Waals surface area contributed by atoms with Crippen LogP contribution in [0.25, 0.3) is 0 Å². The Morgan fingerprint density at radius 3 is 2.53 bits per heavy atom. The van der Waals surface area contributed by atoms with E-state index in [1.54, 1.807) is 7.11 Å². The number of hydrogen-bond acceptors (Lipinski definition) is 3. The molecule has 2 atom stereocenters. The van der Waals surface area contributed by atoms with E-state index in [-0.39, 0.29) is 18.3 Å². The van der Waals surface area contributed by atoms with Crippen LogP contribution in [0.15, 0.2) is 0 Å². The molecular weight excluding hydrogens is 264 g/mol. The number of rotatable bonds is 3. The average molecular weight is 293 g/mol. The van der Waals surface area contributed by atoms with Gasteiger partial charge < -0.3 is 15.4 Å². The summed E-state index contributed by atoms with van der Waals surface area (Å²) in [5.74, 6) is 0.723. The summed E-state index contributed by atoms with van der Waals surface area (Å²) in [5, 5.41) is 0. The lowest BCUT2D eigenvalue weighted by Gasteiger charge is -2.30. The summed E-state index contributed by atoms with van der Waals surface area (Å²) in [6.07, 6.45) is 3.36. The van der Waals surface area contributed by atoms with Crippen molar-refractivity contribution in [3.63, 3.8) is 0 Å².